The molecule has 4 aromatic rings. The molecule has 0 aliphatic rings. The van der Waals surface area contributed by atoms with Crippen molar-refractivity contribution in [2.24, 2.45) is 0 Å². The fourth-order valence-corrected chi connectivity index (χ4v) is 2.98. The Hall–Kier alpha value is -3.66. The van der Waals surface area contributed by atoms with Gasteiger partial charge in [0.2, 0.25) is 0 Å². The Morgan fingerprint density at radius 2 is 0.625 bits per heavy atom. The van der Waals surface area contributed by atoms with Crippen molar-refractivity contribution in [3.05, 3.63) is 103 Å². The molecule has 3 radical (unpaired) electrons. The second-order valence-electron chi connectivity index (χ2n) is 6.55. The summed E-state index contributed by atoms with van der Waals surface area (Å²) in [6.07, 6.45) is 0. The molecule has 0 saturated heterocycles. The van der Waals surface area contributed by atoms with E-state index in [1.54, 1.807) is 21.3 Å². The largest absolute Gasteiger partial charge is 0.497 e. The summed E-state index contributed by atoms with van der Waals surface area (Å²) in [5, 5.41) is 0. The molecule has 0 unspecified atom stereocenters. The molecule has 4 aromatic carbocycles. The molecule has 0 aliphatic heterocycles. The summed E-state index contributed by atoms with van der Waals surface area (Å²) in [6, 6.07) is 34.4. The van der Waals surface area contributed by atoms with Crippen LogP contribution >= 0.6 is 0 Å². The quantitative estimate of drug-likeness (QED) is 0.323. The molecule has 4 heteroatoms. The van der Waals surface area contributed by atoms with Gasteiger partial charge in [0.05, 0.1) is 21.3 Å². The predicted molar refractivity (Wildman–Crippen MR) is 136 cm³/mol. The minimum Gasteiger partial charge on any atom is -0.497 e. The number of rotatable bonds is 5. The van der Waals surface area contributed by atoms with Gasteiger partial charge in [-0.05, 0) is 58.7 Å². The molecule has 0 bridgehead atoms. The summed E-state index contributed by atoms with van der Waals surface area (Å²) in [4.78, 5) is 0. The monoisotopic (exact) mass is 425 g/mol. The third-order valence-electron chi connectivity index (χ3n) is 4.71. The van der Waals surface area contributed by atoms with Crippen molar-refractivity contribution >= 4 is 8.41 Å². The average molecular weight is 425 g/mol. The third kappa shape index (κ3) is 7.24. The van der Waals surface area contributed by atoms with Gasteiger partial charge in [0.15, 0.2) is 0 Å². The fourth-order valence-electron chi connectivity index (χ4n) is 2.98. The zero-order valence-corrected chi connectivity index (χ0v) is 18.1. The van der Waals surface area contributed by atoms with E-state index in [0.29, 0.717) is 0 Å². The number of hydrogen-bond acceptors (Lipinski definition) is 3. The molecule has 0 amide bonds. The van der Waals surface area contributed by atoms with E-state index in [-0.39, 0.29) is 15.8 Å². The van der Waals surface area contributed by atoms with Gasteiger partial charge in [-0.1, -0.05) is 74.2 Å². The maximum Gasteiger partial charge on any atom is 0.118 e. The molecule has 0 aromatic heterocycles. The molecule has 32 heavy (non-hydrogen) atoms. The lowest BCUT2D eigenvalue weighted by Gasteiger charge is -2.05. The zero-order chi connectivity index (χ0) is 21.2. The molecule has 0 fully saturated rings. The van der Waals surface area contributed by atoms with Gasteiger partial charge in [0.1, 0.15) is 17.2 Å². The van der Waals surface area contributed by atoms with E-state index >= 15 is 0 Å². The molecule has 163 valence electrons. The van der Waals surface area contributed by atoms with Crippen LogP contribution in [0.2, 0.25) is 0 Å². The van der Waals surface area contributed by atoms with E-state index in [2.05, 4.69) is 24.3 Å². The van der Waals surface area contributed by atoms with Crippen molar-refractivity contribution in [3.63, 3.8) is 0 Å². The summed E-state index contributed by atoms with van der Waals surface area (Å²) >= 11 is 0. The Balaban J connectivity index is 0.000000303. The highest BCUT2D eigenvalue weighted by atomic mass is 16.5. The second-order valence-corrected chi connectivity index (χ2v) is 6.55. The Labute approximate surface area is 194 Å². The van der Waals surface area contributed by atoms with E-state index in [1.807, 2.05) is 78.9 Å². The van der Waals surface area contributed by atoms with Crippen LogP contribution in [0.3, 0.4) is 0 Å². The first-order chi connectivity index (χ1) is 14.7. The number of benzene rings is 4. The van der Waals surface area contributed by atoms with Gasteiger partial charge in [-0.25, -0.2) is 0 Å². The Morgan fingerprint density at radius 3 is 0.875 bits per heavy atom. The molecular weight excluding hydrogens is 395 g/mol. The summed E-state index contributed by atoms with van der Waals surface area (Å²) in [7, 11) is 5.02. The topological polar surface area (TPSA) is 27.7 Å². The maximum atomic E-state index is 5.12. The number of hydrogen-bond donors (Lipinski definition) is 0. The highest BCUT2D eigenvalue weighted by Gasteiger charge is 1.99. The van der Waals surface area contributed by atoms with E-state index in [0.717, 1.165) is 17.2 Å². The van der Waals surface area contributed by atoms with E-state index in [1.165, 1.54) is 22.3 Å². The van der Waals surface area contributed by atoms with Gasteiger partial charge in [0.25, 0.3) is 0 Å². The standard InChI is InChI=1S/C14H14O2.C13H12O.CH4.B/c1-15-13-7-3-11(4-8-13)12-5-9-14(16-2)10-6-12;1-14-13-9-7-12(8-10-13)11-5-3-2-4-6-11;;/h3-10H,1-2H3;2-10H,1H3;1H4;. The van der Waals surface area contributed by atoms with E-state index in [9.17, 15) is 0 Å². The molecule has 0 atom stereocenters. The summed E-state index contributed by atoms with van der Waals surface area (Å²) in [6.45, 7) is 0. The summed E-state index contributed by atoms with van der Waals surface area (Å²) in [5.41, 5.74) is 4.79. The molecular formula is C28H30BO3. The van der Waals surface area contributed by atoms with Gasteiger partial charge in [-0.2, -0.15) is 0 Å². The number of methoxy groups -OCH3 is 3. The molecule has 3 nitrogen and oxygen atoms in total. The van der Waals surface area contributed by atoms with Crippen molar-refractivity contribution in [2.45, 2.75) is 7.43 Å². The normalized spacial score (nSPS) is 9.22. The van der Waals surface area contributed by atoms with Crippen molar-refractivity contribution < 1.29 is 14.2 Å². The smallest absolute Gasteiger partial charge is 0.118 e. The van der Waals surface area contributed by atoms with Crippen LogP contribution in [0.4, 0.5) is 0 Å². The van der Waals surface area contributed by atoms with Crippen LogP contribution in [0.1, 0.15) is 7.43 Å². The van der Waals surface area contributed by atoms with Gasteiger partial charge in [0, 0.05) is 8.41 Å². The van der Waals surface area contributed by atoms with Gasteiger partial charge in [-0.15, -0.1) is 0 Å². The zero-order valence-electron chi connectivity index (χ0n) is 18.1. The van der Waals surface area contributed by atoms with Gasteiger partial charge >= 0.3 is 0 Å². The first kappa shape index (κ1) is 26.4. The third-order valence-corrected chi connectivity index (χ3v) is 4.71. The summed E-state index contributed by atoms with van der Waals surface area (Å²) < 4.78 is 15.3. The highest BCUT2D eigenvalue weighted by molar-refractivity contribution is 5.75. The second kappa shape index (κ2) is 13.6. The van der Waals surface area contributed by atoms with Crippen molar-refractivity contribution in [1.29, 1.82) is 0 Å². The van der Waals surface area contributed by atoms with Crippen LogP contribution in [-0.4, -0.2) is 29.7 Å². The van der Waals surface area contributed by atoms with Crippen molar-refractivity contribution in [3.8, 4) is 39.5 Å². The van der Waals surface area contributed by atoms with Crippen LogP contribution < -0.4 is 14.2 Å². The molecule has 4 rings (SSSR count). The minimum atomic E-state index is 0. The van der Waals surface area contributed by atoms with Crippen LogP contribution in [0.15, 0.2) is 103 Å². The average Bonchev–Trinajstić information content (AvgIpc) is 2.85. The Kier molecular flexibility index (Phi) is 11.2. The summed E-state index contributed by atoms with van der Waals surface area (Å²) in [5.74, 6) is 2.64. The molecule has 0 spiro atoms. The molecule has 0 N–H and O–H groups in total. The first-order valence-electron chi connectivity index (χ1n) is 9.71. The van der Waals surface area contributed by atoms with E-state index in [4.69, 9.17) is 14.2 Å². The van der Waals surface area contributed by atoms with Crippen LogP contribution in [0, 0.1) is 0 Å². The number of ether oxygens (including phenoxy) is 3. The van der Waals surface area contributed by atoms with Crippen LogP contribution in [0.25, 0.3) is 22.3 Å². The predicted octanol–water partition coefficient (Wildman–Crippen LogP) is 6.99. The van der Waals surface area contributed by atoms with E-state index < -0.39 is 0 Å². The minimum absolute atomic E-state index is 0. The first-order valence-corrected chi connectivity index (χ1v) is 9.71. The van der Waals surface area contributed by atoms with Crippen molar-refractivity contribution in [2.75, 3.05) is 21.3 Å². The lowest BCUT2D eigenvalue weighted by Crippen LogP contribution is -1.84. The Morgan fingerprint density at radius 1 is 0.375 bits per heavy atom. The molecule has 0 aliphatic carbocycles. The van der Waals surface area contributed by atoms with Gasteiger partial charge < -0.3 is 14.2 Å². The lowest BCUT2D eigenvalue weighted by molar-refractivity contribution is 0.414. The SMILES string of the molecule is C.COc1ccc(-c2ccc(OC)cc2)cc1.COc1ccc(-c2ccccc2)cc1.[B]. The lowest BCUT2D eigenvalue weighted by atomic mass is 10.1. The van der Waals surface area contributed by atoms with Crippen molar-refractivity contribution in [1.82, 2.24) is 0 Å². The van der Waals surface area contributed by atoms with Gasteiger partial charge in [-0.3, -0.25) is 0 Å². The maximum absolute atomic E-state index is 5.12. The molecule has 0 saturated carbocycles. The van der Waals surface area contributed by atoms with Crippen LogP contribution in [0.5, 0.6) is 17.2 Å². The Bertz CT molecular complexity index is 967. The van der Waals surface area contributed by atoms with Crippen LogP contribution in [-0.2, 0) is 0 Å². The fraction of sp³-hybridized carbons (Fsp3) is 0.143. The molecule has 0 heterocycles. The highest BCUT2D eigenvalue weighted by Crippen LogP contribution is 2.24.